The Morgan fingerprint density at radius 3 is 1.23 bits per heavy atom. The molecule has 0 heterocycles. The van der Waals surface area contributed by atoms with Gasteiger partial charge < -0.3 is 47.4 Å². The zero-order valence-corrected chi connectivity index (χ0v) is 40.3. The Morgan fingerprint density at radius 1 is 0.333 bits per heavy atom. The molecule has 10 nitrogen and oxygen atoms in total. The Balaban J connectivity index is 1.31. The highest BCUT2D eigenvalue weighted by atomic mass is 16.5. The van der Waals surface area contributed by atoms with Crippen molar-refractivity contribution in [2.45, 2.75) is 57.3 Å². The van der Waals surface area contributed by atoms with Gasteiger partial charge in [0.15, 0.2) is 23.0 Å². The van der Waals surface area contributed by atoms with E-state index >= 15 is 0 Å². The summed E-state index contributed by atoms with van der Waals surface area (Å²) < 4.78 is 57.3. The number of hydrogen-bond donors (Lipinski definition) is 0. The van der Waals surface area contributed by atoms with E-state index in [-0.39, 0.29) is 11.8 Å². The molecule has 0 amide bonds. The first-order chi connectivity index (χ1) is 32.2. The first-order valence-electron chi connectivity index (χ1n) is 22.4. The second-order valence-corrected chi connectivity index (χ2v) is 16.3. The maximum Gasteiger partial charge on any atom is 0.203 e. The van der Waals surface area contributed by atoms with Crippen LogP contribution < -0.4 is 47.4 Å². The minimum Gasteiger partial charge on any atom is -0.497 e. The quantitative estimate of drug-likeness (QED) is 0.0553. The topological polar surface area (TPSA) is 92.3 Å². The van der Waals surface area contributed by atoms with E-state index < -0.39 is 0 Å². The van der Waals surface area contributed by atoms with Gasteiger partial charge in [-0.15, -0.1) is 0 Å². The predicted octanol–water partition coefficient (Wildman–Crippen LogP) is 11.2. The molecule has 0 aliphatic carbocycles. The molecule has 0 radical (unpaired) electrons. The van der Waals surface area contributed by atoms with Crippen LogP contribution in [0.15, 0.2) is 109 Å². The third-order valence-corrected chi connectivity index (χ3v) is 12.5. The van der Waals surface area contributed by atoms with Crippen LogP contribution in [0.1, 0.15) is 56.8 Å². The van der Waals surface area contributed by atoms with E-state index in [4.69, 9.17) is 47.4 Å². The van der Waals surface area contributed by atoms with Gasteiger partial charge in [-0.2, -0.15) is 0 Å². The average molecular weight is 899 g/mol. The molecule has 6 aromatic carbocycles. The molecule has 0 fully saturated rings. The van der Waals surface area contributed by atoms with E-state index in [2.05, 4.69) is 72.8 Å². The van der Waals surface area contributed by atoms with Crippen LogP contribution in [0, 0.1) is 5.92 Å². The lowest BCUT2D eigenvalue weighted by molar-refractivity contribution is 0.323. The van der Waals surface area contributed by atoms with Crippen molar-refractivity contribution in [3.8, 4) is 57.5 Å². The lowest BCUT2D eigenvalue weighted by atomic mass is 9.75. The second-order valence-electron chi connectivity index (χ2n) is 16.3. The zero-order chi connectivity index (χ0) is 47.0. The van der Waals surface area contributed by atoms with E-state index in [0.717, 1.165) is 96.6 Å². The summed E-state index contributed by atoms with van der Waals surface area (Å²) in [6.45, 7) is 0. The molecule has 350 valence electrons. The Hall–Kier alpha value is -6.68. The lowest BCUT2D eigenvalue weighted by Gasteiger charge is -2.29. The van der Waals surface area contributed by atoms with Gasteiger partial charge in [-0.1, -0.05) is 48.5 Å². The van der Waals surface area contributed by atoms with Gasteiger partial charge >= 0.3 is 0 Å². The van der Waals surface area contributed by atoms with Gasteiger partial charge in [-0.3, -0.25) is 0 Å². The van der Waals surface area contributed by atoms with Gasteiger partial charge in [0.2, 0.25) is 11.5 Å². The molecule has 0 N–H and O–H groups in total. The fourth-order valence-electron chi connectivity index (χ4n) is 8.97. The molecular weight excluding hydrogens is 833 g/mol. The van der Waals surface area contributed by atoms with Crippen molar-refractivity contribution in [3.63, 3.8) is 0 Å². The third kappa shape index (κ3) is 12.2. The number of methoxy groups -OCH3 is 10. The summed E-state index contributed by atoms with van der Waals surface area (Å²) in [5.74, 6) is 7.51. The second kappa shape index (κ2) is 24.0. The minimum absolute atomic E-state index is 0.131. The Labute approximate surface area is 391 Å². The SMILES string of the molecule is COc1cccc(CC[C@@H](Cc2ccc(CCc3cc(OC)c(OC)c(OC)c3)c(OC)c2)[C@H](Cc2ccc(CCc3cc(OC)c(OC)c(OC)c3)c(OC)c2)c2cccc(OC)c2)c1. The summed E-state index contributed by atoms with van der Waals surface area (Å²) in [5.41, 5.74) is 9.29. The predicted molar refractivity (Wildman–Crippen MR) is 261 cm³/mol. The summed E-state index contributed by atoms with van der Waals surface area (Å²) in [4.78, 5) is 0. The number of rotatable bonds is 25. The fourth-order valence-corrected chi connectivity index (χ4v) is 8.97. The molecule has 0 spiro atoms. The summed E-state index contributed by atoms with van der Waals surface area (Å²) in [6.07, 6.45) is 6.51. The van der Waals surface area contributed by atoms with Crippen molar-refractivity contribution in [2.24, 2.45) is 5.92 Å². The summed E-state index contributed by atoms with van der Waals surface area (Å²) in [6, 6.07) is 38.3. The third-order valence-electron chi connectivity index (χ3n) is 12.5. The molecule has 66 heavy (non-hydrogen) atoms. The molecule has 2 atom stereocenters. The maximum atomic E-state index is 6.09. The number of ether oxygens (including phenoxy) is 10. The number of benzene rings is 6. The highest BCUT2D eigenvalue weighted by Gasteiger charge is 2.26. The molecule has 0 aliphatic rings. The molecule has 6 aromatic rings. The summed E-state index contributed by atoms with van der Waals surface area (Å²) in [5, 5.41) is 0. The molecule has 0 saturated carbocycles. The normalized spacial score (nSPS) is 11.8. The molecule has 0 bridgehead atoms. The summed E-state index contributed by atoms with van der Waals surface area (Å²) >= 11 is 0. The molecular formula is C56H66O10. The highest BCUT2D eigenvalue weighted by molar-refractivity contribution is 5.55. The standard InChI is InChI=1S/C56H66O10/c1-57-46-15-11-13-37(28-46)17-26-45(27-38-18-22-42(49(30-38)59-3)24-20-40-32-51(61-5)55(65-9)52(33-40)62-6)48(44-14-12-16-47(36-44)58-2)29-39-19-23-43(50(31-39)60-4)25-21-41-34-53(63-7)56(66-10)54(35-41)64-8/h11-16,18-19,22-23,28,30-36,45,48H,17,20-21,24-27,29H2,1-10H3/t45-,48+/m0/s1. The Morgan fingerprint density at radius 2 is 0.773 bits per heavy atom. The average Bonchev–Trinajstić information content (AvgIpc) is 3.37. The fraction of sp³-hybridized carbons (Fsp3) is 0.357. The molecule has 0 aliphatic heterocycles. The van der Waals surface area contributed by atoms with Gasteiger partial charge in [-0.05, 0) is 168 Å². The van der Waals surface area contributed by atoms with Gasteiger partial charge in [0.05, 0.1) is 71.1 Å². The van der Waals surface area contributed by atoms with Crippen LogP contribution in [0.2, 0.25) is 0 Å². The first kappa shape index (κ1) is 48.8. The van der Waals surface area contributed by atoms with Crippen LogP contribution in [0.4, 0.5) is 0 Å². The smallest absolute Gasteiger partial charge is 0.203 e. The maximum absolute atomic E-state index is 6.09. The van der Waals surface area contributed by atoms with E-state index in [9.17, 15) is 0 Å². The van der Waals surface area contributed by atoms with Crippen LogP contribution in [-0.2, 0) is 44.9 Å². The molecule has 10 heteroatoms. The summed E-state index contributed by atoms with van der Waals surface area (Å²) in [7, 11) is 16.7. The lowest BCUT2D eigenvalue weighted by Crippen LogP contribution is -2.20. The number of hydrogen-bond acceptors (Lipinski definition) is 10. The van der Waals surface area contributed by atoms with Gasteiger partial charge in [0.25, 0.3) is 0 Å². The van der Waals surface area contributed by atoms with Crippen LogP contribution in [0.25, 0.3) is 0 Å². The highest BCUT2D eigenvalue weighted by Crippen LogP contribution is 2.41. The first-order valence-corrected chi connectivity index (χ1v) is 22.4. The molecule has 0 unspecified atom stereocenters. The molecule has 0 saturated heterocycles. The van der Waals surface area contributed by atoms with Crippen LogP contribution in [-0.4, -0.2) is 71.1 Å². The van der Waals surface area contributed by atoms with Gasteiger partial charge in [-0.25, -0.2) is 0 Å². The minimum atomic E-state index is 0.131. The van der Waals surface area contributed by atoms with E-state index in [1.807, 2.05) is 36.4 Å². The Kier molecular flexibility index (Phi) is 17.7. The van der Waals surface area contributed by atoms with Gasteiger partial charge in [0, 0.05) is 0 Å². The van der Waals surface area contributed by atoms with Crippen molar-refractivity contribution < 1.29 is 47.4 Å². The van der Waals surface area contributed by atoms with E-state index in [0.29, 0.717) is 34.5 Å². The van der Waals surface area contributed by atoms with E-state index in [1.54, 1.807) is 71.1 Å². The van der Waals surface area contributed by atoms with Crippen LogP contribution in [0.3, 0.4) is 0 Å². The van der Waals surface area contributed by atoms with Crippen molar-refractivity contribution in [3.05, 3.63) is 154 Å². The van der Waals surface area contributed by atoms with Crippen LogP contribution in [0.5, 0.6) is 57.5 Å². The van der Waals surface area contributed by atoms with Crippen molar-refractivity contribution in [1.82, 2.24) is 0 Å². The van der Waals surface area contributed by atoms with Crippen molar-refractivity contribution in [2.75, 3.05) is 71.1 Å². The Bertz CT molecular complexity index is 2450. The largest absolute Gasteiger partial charge is 0.497 e. The van der Waals surface area contributed by atoms with Gasteiger partial charge in [0.1, 0.15) is 23.0 Å². The zero-order valence-electron chi connectivity index (χ0n) is 40.3. The molecule has 0 aromatic heterocycles. The van der Waals surface area contributed by atoms with E-state index in [1.165, 1.54) is 22.3 Å². The van der Waals surface area contributed by atoms with Crippen molar-refractivity contribution in [1.29, 1.82) is 0 Å². The monoisotopic (exact) mass is 898 g/mol. The molecule has 6 rings (SSSR count). The number of aryl methyl sites for hydroxylation is 5. The van der Waals surface area contributed by atoms with Crippen molar-refractivity contribution >= 4 is 0 Å². The van der Waals surface area contributed by atoms with Crippen LogP contribution >= 0.6 is 0 Å².